The summed E-state index contributed by atoms with van der Waals surface area (Å²) in [5, 5.41) is -1.00. The first kappa shape index (κ1) is 22.2. The summed E-state index contributed by atoms with van der Waals surface area (Å²) < 4.78 is 50.9. The summed E-state index contributed by atoms with van der Waals surface area (Å²) in [6.07, 6.45) is -1.24. The molecule has 12 heteroatoms. The molecule has 0 amide bonds. The molecule has 0 spiro atoms. The maximum Gasteiger partial charge on any atom is 0.344 e. The lowest BCUT2D eigenvalue weighted by Gasteiger charge is -2.37. The Morgan fingerprint density at radius 2 is 1.73 bits per heavy atom. The topological polar surface area (TPSA) is 149 Å². The first-order chi connectivity index (χ1) is 14.0. The molecule has 1 heterocycles. The van der Waals surface area contributed by atoms with E-state index in [1.54, 1.807) is 0 Å². The Balaban J connectivity index is 1.90. The second-order valence-electron chi connectivity index (χ2n) is 7.76. The van der Waals surface area contributed by atoms with Gasteiger partial charge in [0.2, 0.25) is 0 Å². The molecule has 1 saturated heterocycles. The molecule has 0 aromatic heterocycles. The summed E-state index contributed by atoms with van der Waals surface area (Å²) in [7, 11) is -4.03. The Morgan fingerprint density at radius 3 is 2.33 bits per heavy atom. The molecule has 5 unspecified atom stereocenters. The highest BCUT2D eigenvalue weighted by molar-refractivity contribution is 7.87. The monoisotopic (exact) mass is 446 g/mol. The zero-order valence-electron chi connectivity index (χ0n) is 16.5. The van der Waals surface area contributed by atoms with Crippen molar-refractivity contribution in [1.29, 1.82) is 0 Å². The summed E-state index contributed by atoms with van der Waals surface area (Å²) in [4.78, 5) is 46.2. The van der Waals surface area contributed by atoms with Gasteiger partial charge < -0.3 is 18.9 Å². The van der Waals surface area contributed by atoms with E-state index < -0.39 is 68.9 Å². The predicted octanol–water partition coefficient (Wildman–Crippen LogP) is -0.369. The van der Waals surface area contributed by atoms with E-state index in [1.807, 2.05) is 0 Å². The zero-order valence-corrected chi connectivity index (χ0v) is 17.3. The zero-order chi connectivity index (χ0) is 22.3. The Bertz CT molecular complexity index is 894. The molecule has 2 aliphatic carbocycles. The summed E-state index contributed by atoms with van der Waals surface area (Å²) in [6, 6.07) is 0. The lowest BCUT2D eigenvalue weighted by atomic mass is 9.77. The van der Waals surface area contributed by atoms with Gasteiger partial charge in [-0.15, -0.1) is 0 Å². The number of esters is 4. The third kappa shape index (κ3) is 3.69. The van der Waals surface area contributed by atoms with Gasteiger partial charge in [0.15, 0.2) is 6.61 Å². The summed E-state index contributed by atoms with van der Waals surface area (Å²) in [5.74, 6) is -2.96. The quantitative estimate of drug-likeness (QED) is 0.208. The van der Waals surface area contributed by atoms with E-state index in [2.05, 4.69) is 11.3 Å². The molecule has 0 aromatic rings. The molecule has 30 heavy (non-hydrogen) atoms. The fraction of sp³-hybridized carbons (Fsp3) is 0.667. The van der Waals surface area contributed by atoms with Crippen LogP contribution in [0.2, 0.25) is 0 Å². The average molecular weight is 446 g/mol. The lowest BCUT2D eigenvalue weighted by molar-refractivity contribution is -0.176. The molecule has 2 saturated carbocycles. The Labute approximate surface area is 172 Å². The summed E-state index contributed by atoms with van der Waals surface area (Å²) >= 11 is 0. The van der Waals surface area contributed by atoms with Crippen LogP contribution in [-0.2, 0) is 52.4 Å². The van der Waals surface area contributed by atoms with E-state index in [0.717, 1.165) is 6.08 Å². The van der Waals surface area contributed by atoms with Crippen LogP contribution >= 0.6 is 0 Å². The second-order valence-corrected chi connectivity index (χ2v) is 9.50. The first-order valence-electron chi connectivity index (χ1n) is 9.13. The van der Waals surface area contributed by atoms with E-state index in [4.69, 9.17) is 18.4 Å². The van der Waals surface area contributed by atoms with Crippen LogP contribution in [0.25, 0.3) is 0 Å². The van der Waals surface area contributed by atoms with Crippen molar-refractivity contribution in [2.45, 2.75) is 44.1 Å². The molecule has 2 bridgehead atoms. The van der Waals surface area contributed by atoms with Gasteiger partial charge in [-0.05, 0) is 12.8 Å². The molecule has 3 aliphatic rings. The van der Waals surface area contributed by atoms with Crippen molar-refractivity contribution in [3.63, 3.8) is 0 Å². The van der Waals surface area contributed by atoms with Crippen LogP contribution in [0.1, 0.15) is 26.7 Å². The van der Waals surface area contributed by atoms with Gasteiger partial charge in [0.25, 0.3) is 10.1 Å². The second kappa shape index (κ2) is 7.65. The van der Waals surface area contributed by atoms with Gasteiger partial charge in [0, 0.05) is 25.3 Å². The minimum atomic E-state index is -4.03. The highest BCUT2D eigenvalue weighted by atomic mass is 32.2. The van der Waals surface area contributed by atoms with Crippen molar-refractivity contribution in [3.05, 3.63) is 12.7 Å². The van der Waals surface area contributed by atoms with Gasteiger partial charge in [-0.2, -0.15) is 8.42 Å². The van der Waals surface area contributed by atoms with Gasteiger partial charge in [-0.1, -0.05) is 6.58 Å². The molecule has 0 aromatic carbocycles. The van der Waals surface area contributed by atoms with Crippen LogP contribution in [-0.4, -0.2) is 69.6 Å². The summed E-state index contributed by atoms with van der Waals surface area (Å²) in [5.41, 5.74) is -2.20. The van der Waals surface area contributed by atoms with Crippen molar-refractivity contribution in [3.8, 4) is 0 Å². The van der Waals surface area contributed by atoms with E-state index in [9.17, 15) is 27.6 Å². The maximum atomic E-state index is 12.6. The minimum Gasteiger partial charge on any atom is -0.465 e. The standard InChI is InChI=1S/C18H22O11S/c1-4-13(21)25-6-14(22)28-15-16-18(9-27-11(3)20)7-17(15,8-26-10(2)19)5-12(18)30(23,24)29-16/h4,12,15-16H,1,5-9H2,2-3H3. The highest BCUT2D eigenvalue weighted by Crippen LogP contribution is 2.69. The van der Waals surface area contributed by atoms with Crippen molar-refractivity contribution < 1.29 is 50.7 Å². The van der Waals surface area contributed by atoms with Crippen LogP contribution in [0.15, 0.2) is 12.7 Å². The molecule has 166 valence electrons. The number of hydrogen-bond donors (Lipinski definition) is 0. The smallest absolute Gasteiger partial charge is 0.344 e. The Morgan fingerprint density at radius 1 is 1.10 bits per heavy atom. The number of hydrogen-bond acceptors (Lipinski definition) is 11. The fourth-order valence-electron chi connectivity index (χ4n) is 4.74. The average Bonchev–Trinajstić information content (AvgIpc) is 3.18. The van der Waals surface area contributed by atoms with Gasteiger partial charge in [-0.25, -0.2) is 9.59 Å². The van der Waals surface area contributed by atoms with Gasteiger partial charge in [0.1, 0.15) is 25.4 Å². The van der Waals surface area contributed by atoms with Crippen LogP contribution in [0.4, 0.5) is 0 Å². The van der Waals surface area contributed by atoms with Crippen molar-refractivity contribution >= 4 is 34.0 Å². The van der Waals surface area contributed by atoms with Gasteiger partial charge in [0.05, 0.1) is 10.7 Å². The third-order valence-corrected chi connectivity index (χ3v) is 7.62. The molecule has 0 N–H and O–H groups in total. The molecule has 3 rings (SSSR count). The molecule has 1 aliphatic heterocycles. The number of rotatable bonds is 8. The van der Waals surface area contributed by atoms with E-state index in [0.29, 0.717) is 0 Å². The summed E-state index contributed by atoms with van der Waals surface area (Å²) in [6.45, 7) is 4.42. The fourth-order valence-corrected chi connectivity index (χ4v) is 6.85. The van der Waals surface area contributed by atoms with Crippen molar-refractivity contribution in [2.24, 2.45) is 10.8 Å². The van der Waals surface area contributed by atoms with Crippen LogP contribution < -0.4 is 0 Å². The number of carbonyl (C=O) groups is 4. The Kier molecular flexibility index (Phi) is 5.67. The lowest BCUT2D eigenvalue weighted by Crippen LogP contribution is -2.51. The molecular weight excluding hydrogens is 424 g/mol. The van der Waals surface area contributed by atoms with Crippen LogP contribution in [0.3, 0.4) is 0 Å². The van der Waals surface area contributed by atoms with E-state index in [1.165, 1.54) is 13.8 Å². The largest absolute Gasteiger partial charge is 0.465 e. The molecule has 5 atom stereocenters. The van der Waals surface area contributed by atoms with Crippen molar-refractivity contribution in [1.82, 2.24) is 0 Å². The molecule has 0 radical (unpaired) electrons. The number of ether oxygens (including phenoxy) is 4. The Hall–Kier alpha value is -2.47. The SMILES string of the molecule is C=CC(=O)OCC(=O)OC1C2OS(=O)(=O)C3CC1(COC(C)=O)CC23COC(C)=O. The normalized spacial score (nSPS) is 34.8. The minimum absolute atomic E-state index is 0.00916. The van der Waals surface area contributed by atoms with Crippen LogP contribution in [0.5, 0.6) is 0 Å². The third-order valence-electron chi connectivity index (χ3n) is 5.81. The van der Waals surface area contributed by atoms with E-state index >= 15 is 0 Å². The highest BCUT2D eigenvalue weighted by Gasteiger charge is 2.80. The maximum absolute atomic E-state index is 12.6. The van der Waals surface area contributed by atoms with Gasteiger partial charge in [-0.3, -0.25) is 13.8 Å². The number of carbonyl (C=O) groups excluding carboxylic acids is 4. The molecule has 11 nitrogen and oxygen atoms in total. The van der Waals surface area contributed by atoms with E-state index in [-0.39, 0.29) is 26.1 Å². The molecular formula is C18H22O11S. The van der Waals surface area contributed by atoms with Gasteiger partial charge >= 0.3 is 23.9 Å². The first-order valence-corrected chi connectivity index (χ1v) is 10.6. The number of fused-ring (bicyclic) bond motifs is 1. The predicted molar refractivity (Wildman–Crippen MR) is 96.0 cm³/mol. The molecule has 3 fully saturated rings. The van der Waals surface area contributed by atoms with Crippen LogP contribution in [0, 0.1) is 10.8 Å². The van der Waals surface area contributed by atoms with Crippen molar-refractivity contribution in [2.75, 3.05) is 19.8 Å².